The number of amides is 2. The summed E-state index contributed by atoms with van der Waals surface area (Å²) in [4.78, 5) is 26.8. The van der Waals surface area contributed by atoms with Crippen LogP contribution in [0.1, 0.15) is 35.5 Å². The van der Waals surface area contributed by atoms with Crippen LogP contribution in [-0.2, 0) is 11.2 Å². The van der Waals surface area contributed by atoms with Gasteiger partial charge in [-0.3, -0.25) is 9.59 Å². The van der Waals surface area contributed by atoms with Crippen molar-refractivity contribution in [2.45, 2.75) is 32.7 Å². The van der Waals surface area contributed by atoms with Crippen molar-refractivity contribution in [3.05, 3.63) is 21.9 Å². The van der Waals surface area contributed by atoms with E-state index in [1.54, 1.807) is 4.90 Å². The molecular formula is C13H18N2O2S. The molecule has 0 aromatic carbocycles. The van der Waals surface area contributed by atoms with Crippen molar-refractivity contribution in [1.29, 1.82) is 0 Å². The highest BCUT2D eigenvalue weighted by Gasteiger charge is 2.33. The van der Waals surface area contributed by atoms with Crippen LogP contribution >= 0.6 is 11.3 Å². The standard InChI is InChI=1S/C13H18N2O2S/c1-3-9-5-8-18-11(9)13(17)15-7-6-14-12(16)10(15)4-2/h5,8,10H,3-4,6-7H2,1-2H3,(H,14,16). The lowest BCUT2D eigenvalue weighted by Crippen LogP contribution is -2.56. The van der Waals surface area contributed by atoms with E-state index in [0.29, 0.717) is 19.5 Å². The molecule has 1 aliphatic rings. The van der Waals surface area contributed by atoms with E-state index in [1.807, 2.05) is 25.3 Å². The molecule has 0 saturated carbocycles. The maximum Gasteiger partial charge on any atom is 0.264 e. The average molecular weight is 266 g/mol. The Labute approximate surface area is 111 Å². The molecule has 1 aromatic rings. The molecule has 98 valence electrons. The second kappa shape index (κ2) is 5.52. The van der Waals surface area contributed by atoms with E-state index < -0.39 is 0 Å². The highest BCUT2D eigenvalue weighted by molar-refractivity contribution is 7.12. The molecular weight excluding hydrogens is 248 g/mol. The van der Waals surface area contributed by atoms with E-state index in [1.165, 1.54) is 11.3 Å². The summed E-state index contributed by atoms with van der Waals surface area (Å²) in [6.07, 6.45) is 1.51. The quantitative estimate of drug-likeness (QED) is 0.904. The van der Waals surface area contributed by atoms with Crippen LogP contribution in [0.5, 0.6) is 0 Å². The van der Waals surface area contributed by atoms with Gasteiger partial charge in [-0.15, -0.1) is 11.3 Å². The van der Waals surface area contributed by atoms with Gasteiger partial charge in [0, 0.05) is 13.1 Å². The first-order valence-corrected chi connectivity index (χ1v) is 7.22. The lowest BCUT2D eigenvalue weighted by atomic mass is 10.1. The molecule has 2 heterocycles. The monoisotopic (exact) mass is 266 g/mol. The summed E-state index contributed by atoms with van der Waals surface area (Å²) >= 11 is 1.47. The van der Waals surface area contributed by atoms with Crippen LogP contribution in [-0.4, -0.2) is 35.8 Å². The van der Waals surface area contributed by atoms with Crippen LogP contribution in [0.25, 0.3) is 0 Å². The molecule has 1 atom stereocenters. The summed E-state index contributed by atoms with van der Waals surface area (Å²) in [7, 11) is 0. The highest BCUT2D eigenvalue weighted by atomic mass is 32.1. The number of rotatable bonds is 3. The molecule has 4 nitrogen and oxygen atoms in total. The van der Waals surface area contributed by atoms with Crippen LogP contribution in [0.4, 0.5) is 0 Å². The first kappa shape index (κ1) is 13.1. The topological polar surface area (TPSA) is 49.4 Å². The molecule has 0 radical (unpaired) electrons. The van der Waals surface area contributed by atoms with Gasteiger partial charge in [0.05, 0.1) is 4.88 Å². The van der Waals surface area contributed by atoms with Crippen LogP contribution < -0.4 is 5.32 Å². The predicted octanol–water partition coefficient (Wildman–Crippen LogP) is 1.66. The van der Waals surface area contributed by atoms with E-state index in [4.69, 9.17) is 0 Å². The van der Waals surface area contributed by atoms with Crippen LogP contribution in [0.15, 0.2) is 11.4 Å². The van der Waals surface area contributed by atoms with Gasteiger partial charge in [-0.05, 0) is 29.9 Å². The molecule has 0 spiro atoms. The van der Waals surface area contributed by atoms with Crippen LogP contribution in [0, 0.1) is 0 Å². The Kier molecular flexibility index (Phi) is 4.01. The lowest BCUT2D eigenvalue weighted by Gasteiger charge is -2.34. The normalized spacial score (nSPS) is 19.8. The second-order valence-electron chi connectivity index (χ2n) is 4.34. The molecule has 1 N–H and O–H groups in total. The third kappa shape index (κ3) is 2.27. The molecule has 5 heteroatoms. The Morgan fingerprint density at radius 1 is 1.56 bits per heavy atom. The smallest absolute Gasteiger partial charge is 0.264 e. The maximum absolute atomic E-state index is 12.5. The molecule has 1 aromatic heterocycles. The number of carbonyl (C=O) groups is 2. The van der Waals surface area contributed by atoms with Crippen molar-refractivity contribution < 1.29 is 9.59 Å². The Morgan fingerprint density at radius 3 is 3.00 bits per heavy atom. The fourth-order valence-corrected chi connectivity index (χ4v) is 3.25. The van der Waals surface area contributed by atoms with E-state index in [2.05, 4.69) is 5.32 Å². The third-order valence-corrected chi connectivity index (χ3v) is 4.24. The number of carbonyl (C=O) groups excluding carboxylic acids is 2. The number of hydrogen-bond donors (Lipinski definition) is 1. The van der Waals surface area contributed by atoms with Crippen molar-refractivity contribution in [2.24, 2.45) is 0 Å². The van der Waals surface area contributed by atoms with Crippen molar-refractivity contribution in [3.8, 4) is 0 Å². The Morgan fingerprint density at radius 2 is 2.33 bits per heavy atom. The van der Waals surface area contributed by atoms with Crippen LogP contribution in [0.3, 0.4) is 0 Å². The Balaban J connectivity index is 2.24. The fourth-order valence-electron chi connectivity index (χ4n) is 2.30. The van der Waals surface area contributed by atoms with Gasteiger partial charge in [0.15, 0.2) is 0 Å². The number of aryl methyl sites for hydroxylation is 1. The van der Waals surface area contributed by atoms with Crippen molar-refractivity contribution >= 4 is 23.2 Å². The molecule has 2 amide bonds. The summed E-state index contributed by atoms with van der Waals surface area (Å²) in [5.41, 5.74) is 1.07. The van der Waals surface area contributed by atoms with Gasteiger partial charge < -0.3 is 10.2 Å². The predicted molar refractivity (Wildman–Crippen MR) is 71.8 cm³/mol. The molecule has 1 aliphatic heterocycles. The Bertz CT molecular complexity index is 456. The summed E-state index contributed by atoms with van der Waals surface area (Å²) in [6.45, 7) is 5.13. The number of nitrogens with one attached hydrogen (secondary N) is 1. The zero-order valence-corrected chi connectivity index (χ0v) is 11.5. The number of hydrogen-bond acceptors (Lipinski definition) is 3. The first-order chi connectivity index (χ1) is 8.69. The summed E-state index contributed by atoms with van der Waals surface area (Å²) < 4.78 is 0. The van der Waals surface area contributed by atoms with E-state index in [0.717, 1.165) is 16.9 Å². The number of thiophene rings is 1. The molecule has 0 bridgehead atoms. The molecule has 1 fully saturated rings. The van der Waals surface area contributed by atoms with Gasteiger partial charge in [0.25, 0.3) is 5.91 Å². The van der Waals surface area contributed by atoms with Gasteiger partial charge in [-0.25, -0.2) is 0 Å². The van der Waals surface area contributed by atoms with Crippen molar-refractivity contribution in [3.63, 3.8) is 0 Å². The van der Waals surface area contributed by atoms with E-state index >= 15 is 0 Å². The molecule has 1 unspecified atom stereocenters. The molecule has 1 saturated heterocycles. The summed E-state index contributed by atoms with van der Waals surface area (Å²) in [5.74, 6) is -0.0322. The first-order valence-electron chi connectivity index (χ1n) is 6.34. The maximum atomic E-state index is 12.5. The van der Waals surface area contributed by atoms with E-state index in [9.17, 15) is 9.59 Å². The van der Waals surface area contributed by atoms with Crippen LogP contribution in [0.2, 0.25) is 0 Å². The Hall–Kier alpha value is -1.36. The minimum Gasteiger partial charge on any atom is -0.353 e. The molecule has 2 rings (SSSR count). The van der Waals surface area contributed by atoms with Gasteiger partial charge in [0.1, 0.15) is 6.04 Å². The summed E-state index contributed by atoms with van der Waals surface area (Å²) in [6, 6.07) is 1.67. The molecule has 0 aliphatic carbocycles. The number of piperazine rings is 1. The number of nitrogens with zero attached hydrogens (tertiary/aromatic N) is 1. The third-order valence-electron chi connectivity index (χ3n) is 3.30. The largest absolute Gasteiger partial charge is 0.353 e. The second-order valence-corrected chi connectivity index (χ2v) is 5.26. The molecule has 18 heavy (non-hydrogen) atoms. The minimum absolute atomic E-state index is 0.00329. The fraction of sp³-hybridized carbons (Fsp3) is 0.538. The van der Waals surface area contributed by atoms with Gasteiger partial charge in [0.2, 0.25) is 5.91 Å². The zero-order chi connectivity index (χ0) is 13.1. The lowest BCUT2D eigenvalue weighted by molar-refractivity contribution is -0.127. The highest BCUT2D eigenvalue weighted by Crippen LogP contribution is 2.22. The van der Waals surface area contributed by atoms with Crippen molar-refractivity contribution in [1.82, 2.24) is 10.2 Å². The van der Waals surface area contributed by atoms with Gasteiger partial charge in [-0.2, -0.15) is 0 Å². The SMILES string of the molecule is CCc1ccsc1C(=O)N1CCNC(=O)C1CC. The van der Waals surface area contributed by atoms with Gasteiger partial charge >= 0.3 is 0 Å². The minimum atomic E-state index is -0.321. The van der Waals surface area contributed by atoms with E-state index in [-0.39, 0.29) is 17.9 Å². The zero-order valence-electron chi connectivity index (χ0n) is 10.7. The van der Waals surface area contributed by atoms with Gasteiger partial charge in [-0.1, -0.05) is 13.8 Å². The average Bonchev–Trinajstić information content (AvgIpc) is 2.85. The van der Waals surface area contributed by atoms with Crippen molar-refractivity contribution in [2.75, 3.05) is 13.1 Å². The summed E-state index contributed by atoms with van der Waals surface area (Å²) in [5, 5.41) is 4.75.